The lowest BCUT2D eigenvalue weighted by Crippen LogP contribution is -1.93. The molecular formula is C16H17Br. The van der Waals surface area contributed by atoms with Gasteiger partial charge in [-0.3, -0.25) is 0 Å². The van der Waals surface area contributed by atoms with Crippen LogP contribution in [0.3, 0.4) is 0 Å². The molecule has 0 amide bonds. The van der Waals surface area contributed by atoms with Gasteiger partial charge in [-0.15, -0.1) is 0 Å². The lowest BCUT2D eigenvalue weighted by atomic mass is 9.92. The second kappa shape index (κ2) is 4.66. The minimum Gasteiger partial charge on any atom is -0.0614 e. The predicted molar refractivity (Wildman–Crippen MR) is 78.5 cm³/mol. The van der Waals surface area contributed by atoms with Crippen molar-refractivity contribution in [2.75, 3.05) is 0 Å². The van der Waals surface area contributed by atoms with Gasteiger partial charge in [-0.1, -0.05) is 40.2 Å². The van der Waals surface area contributed by atoms with Crippen LogP contribution in [-0.4, -0.2) is 0 Å². The van der Waals surface area contributed by atoms with Crippen molar-refractivity contribution >= 4 is 15.9 Å². The van der Waals surface area contributed by atoms with Crippen LogP contribution in [0.15, 0.2) is 34.8 Å². The molecule has 0 fully saturated rings. The largest absolute Gasteiger partial charge is 0.0614 e. The summed E-state index contributed by atoms with van der Waals surface area (Å²) in [4.78, 5) is 0. The quantitative estimate of drug-likeness (QED) is 0.664. The zero-order valence-corrected chi connectivity index (χ0v) is 12.4. The maximum absolute atomic E-state index is 3.68. The maximum atomic E-state index is 3.68. The van der Waals surface area contributed by atoms with Gasteiger partial charge in [0.2, 0.25) is 0 Å². The van der Waals surface area contributed by atoms with Crippen molar-refractivity contribution in [3.8, 4) is 11.1 Å². The van der Waals surface area contributed by atoms with Gasteiger partial charge in [-0.05, 0) is 67.1 Å². The van der Waals surface area contributed by atoms with Gasteiger partial charge >= 0.3 is 0 Å². The monoisotopic (exact) mass is 288 g/mol. The Hall–Kier alpha value is -1.08. The molecule has 2 aromatic carbocycles. The summed E-state index contributed by atoms with van der Waals surface area (Å²) in [7, 11) is 0. The van der Waals surface area contributed by atoms with Crippen molar-refractivity contribution in [2.45, 2.75) is 27.7 Å². The van der Waals surface area contributed by atoms with Crippen LogP contribution in [-0.2, 0) is 0 Å². The Morgan fingerprint density at radius 2 is 1.41 bits per heavy atom. The molecule has 0 N–H and O–H groups in total. The van der Waals surface area contributed by atoms with Gasteiger partial charge in [0.15, 0.2) is 0 Å². The van der Waals surface area contributed by atoms with Crippen LogP contribution in [0.5, 0.6) is 0 Å². The highest BCUT2D eigenvalue weighted by molar-refractivity contribution is 9.10. The molecule has 2 rings (SSSR count). The van der Waals surface area contributed by atoms with E-state index in [1.54, 1.807) is 0 Å². The molecule has 0 atom stereocenters. The minimum atomic E-state index is 1.18. The van der Waals surface area contributed by atoms with Crippen LogP contribution >= 0.6 is 15.9 Å². The average molecular weight is 289 g/mol. The molecule has 1 heteroatoms. The molecule has 17 heavy (non-hydrogen) atoms. The summed E-state index contributed by atoms with van der Waals surface area (Å²) in [6.07, 6.45) is 0. The van der Waals surface area contributed by atoms with Crippen molar-refractivity contribution in [3.05, 3.63) is 57.1 Å². The van der Waals surface area contributed by atoms with Gasteiger partial charge in [0, 0.05) is 4.47 Å². The molecule has 0 aliphatic heterocycles. The van der Waals surface area contributed by atoms with Crippen molar-refractivity contribution in [3.63, 3.8) is 0 Å². The third-order valence-corrected chi connectivity index (χ3v) is 4.22. The number of hydrogen-bond donors (Lipinski definition) is 0. The highest BCUT2D eigenvalue weighted by atomic mass is 79.9. The highest BCUT2D eigenvalue weighted by Gasteiger charge is 2.11. The van der Waals surface area contributed by atoms with Gasteiger partial charge in [0.05, 0.1) is 0 Å². The SMILES string of the molecule is Cc1cccc(-c2c(Br)ccc(C)c2C)c1C. The normalized spacial score (nSPS) is 10.6. The summed E-state index contributed by atoms with van der Waals surface area (Å²) in [5.41, 5.74) is 8.05. The molecular weight excluding hydrogens is 272 g/mol. The Labute approximate surface area is 112 Å². The molecule has 0 heterocycles. The summed E-state index contributed by atoms with van der Waals surface area (Å²) >= 11 is 3.68. The first-order valence-electron chi connectivity index (χ1n) is 5.84. The van der Waals surface area contributed by atoms with E-state index in [1.165, 1.54) is 37.9 Å². The standard InChI is InChI=1S/C16H17Br/c1-10-6-5-7-14(12(10)3)16-13(4)11(2)8-9-15(16)17/h5-9H,1-4H3. The van der Waals surface area contributed by atoms with Gasteiger partial charge < -0.3 is 0 Å². The molecule has 0 unspecified atom stereocenters. The van der Waals surface area contributed by atoms with Crippen LogP contribution in [0.4, 0.5) is 0 Å². The Kier molecular flexibility index (Phi) is 3.39. The molecule has 0 radical (unpaired) electrons. The fraction of sp³-hybridized carbons (Fsp3) is 0.250. The number of rotatable bonds is 1. The first-order valence-corrected chi connectivity index (χ1v) is 6.64. The van der Waals surface area contributed by atoms with Crippen LogP contribution in [0.2, 0.25) is 0 Å². The van der Waals surface area contributed by atoms with Crippen LogP contribution in [0, 0.1) is 27.7 Å². The third-order valence-electron chi connectivity index (χ3n) is 3.56. The summed E-state index contributed by atoms with van der Waals surface area (Å²) in [5, 5.41) is 0. The fourth-order valence-corrected chi connectivity index (χ4v) is 2.78. The molecule has 0 aliphatic carbocycles. The van der Waals surface area contributed by atoms with E-state index >= 15 is 0 Å². The number of halogens is 1. The Morgan fingerprint density at radius 3 is 2.12 bits per heavy atom. The van der Waals surface area contributed by atoms with Gasteiger partial charge in [-0.2, -0.15) is 0 Å². The summed E-state index contributed by atoms with van der Waals surface area (Å²) in [5.74, 6) is 0. The second-order valence-electron chi connectivity index (χ2n) is 4.61. The van der Waals surface area contributed by atoms with E-state index in [1.807, 2.05) is 0 Å². The van der Waals surface area contributed by atoms with E-state index in [9.17, 15) is 0 Å². The summed E-state index contributed by atoms with van der Waals surface area (Å²) in [6, 6.07) is 10.8. The van der Waals surface area contributed by atoms with Crippen LogP contribution in [0.25, 0.3) is 11.1 Å². The van der Waals surface area contributed by atoms with Gasteiger partial charge in [-0.25, -0.2) is 0 Å². The maximum Gasteiger partial charge on any atom is 0.0256 e. The third kappa shape index (κ3) is 2.16. The second-order valence-corrected chi connectivity index (χ2v) is 5.47. The van der Waals surface area contributed by atoms with Gasteiger partial charge in [0.25, 0.3) is 0 Å². The lowest BCUT2D eigenvalue weighted by Gasteiger charge is -2.15. The van der Waals surface area contributed by atoms with Crippen molar-refractivity contribution in [2.24, 2.45) is 0 Å². The molecule has 0 nitrogen and oxygen atoms in total. The first-order chi connectivity index (χ1) is 8.02. The molecule has 0 bridgehead atoms. The molecule has 0 saturated heterocycles. The molecule has 0 aliphatic rings. The first kappa shape index (κ1) is 12.4. The van der Waals surface area contributed by atoms with Crippen molar-refractivity contribution in [1.29, 1.82) is 0 Å². The Bertz CT molecular complexity index is 568. The van der Waals surface area contributed by atoms with Crippen molar-refractivity contribution < 1.29 is 0 Å². The smallest absolute Gasteiger partial charge is 0.0256 e. The Morgan fingerprint density at radius 1 is 0.765 bits per heavy atom. The highest BCUT2D eigenvalue weighted by Crippen LogP contribution is 2.35. The molecule has 88 valence electrons. The molecule has 0 aromatic heterocycles. The average Bonchev–Trinajstić information content (AvgIpc) is 2.30. The zero-order valence-electron chi connectivity index (χ0n) is 10.8. The van der Waals surface area contributed by atoms with E-state index in [4.69, 9.17) is 0 Å². The van der Waals surface area contributed by atoms with Gasteiger partial charge in [0.1, 0.15) is 0 Å². The molecule has 0 saturated carbocycles. The predicted octanol–water partition coefficient (Wildman–Crippen LogP) is 5.35. The molecule has 0 spiro atoms. The van der Waals surface area contributed by atoms with E-state index in [0.717, 1.165) is 0 Å². The van der Waals surface area contributed by atoms with Crippen molar-refractivity contribution in [1.82, 2.24) is 0 Å². The number of benzene rings is 2. The number of aryl methyl sites for hydroxylation is 2. The van der Waals surface area contributed by atoms with E-state index in [-0.39, 0.29) is 0 Å². The van der Waals surface area contributed by atoms with E-state index < -0.39 is 0 Å². The zero-order chi connectivity index (χ0) is 12.6. The minimum absolute atomic E-state index is 1.18. The van der Waals surface area contributed by atoms with Crippen LogP contribution in [0.1, 0.15) is 22.3 Å². The summed E-state index contributed by atoms with van der Waals surface area (Å²) in [6.45, 7) is 8.71. The van der Waals surface area contributed by atoms with E-state index in [2.05, 4.69) is 74.0 Å². The fourth-order valence-electron chi connectivity index (χ4n) is 2.14. The van der Waals surface area contributed by atoms with Crippen LogP contribution < -0.4 is 0 Å². The topological polar surface area (TPSA) is 0 Å². The van der Waals surface area contributed by atoms with E-state index in [0.29, 0.717) is 0 Å². The lowest BCUT2D eigenvalue weighted by molar-refractivity contribution is 1.29. The number of hydrogen-bond acceptors (Lipinski definition) is 0. The molecule has 2 aromatic rings. The summed E-state index contributed by atoms with van der Waals surface area (Å²) < 4.78 is 1.18. The Balaban J connectivity index is 2.77.